The standard InChI is InChI=1S/C11H17ClN4O/c1-7-9(13)10(15-11(12)14-7)16-5-3-2-4-8(16)6-17/h8,17H,2-6,13H2,1H3. The Morgan fingerprint density at radius 1 is 1.47 bits per heavy atom. The van der Waals surface area contributed by atoms with E-state index in [2.05, 4.69) is 9.97 Å². The fraction of sp³-hybridized carbons (Fsp3) is 0.636. The van der Waals surface area contributed by atoms with Gasteiger partial charge >= 0.3 is 0 Å². The van der Waals surface area contributed by atoms with Gasteiger partial charge in [0.15, 0.2) is 5.82 Å². The van der Waals surface area contributed by atoms with Crippen LogP contribution in [-0.4, -0.2) is 34.3 Å². The molecule has 0 bridgehead atoms. The third kappa shape index (κ3) is 2.45. The van der Waals surface area contributed by atoms with Crippen LogP contribution in [0.5, 0.6) is 0 Å². The Morgan fingerprint density at radius 3 is 2.94 bits per heavy atom. The van der Waals surface area contributed by atoms with Crippen LogP contribution in [0.4, 0.5) is 11.5 Å². The van der Waals surface area contributed by atoms with Crippen molar-refractivity contribution in [2.24, 2.45) is 0 Å². The molecule has 17 heavy (non-hydrogen) atoms. The van der Waals surface area contributed by atoms with Gasteiger partial charge in [-0.3, -0.25) is 0 Å². The van der Waals surface area contributed by atoms with Gasteiger partial charge in [-0.2, -0.15) is 4.98 Å². The minimum Gasteiger partial charge on any atom is -0.394 e. The number of anilines is 2. The third-order valence-corrected chi connectivity index (χ3v) is 3.37. The average molecular weight is 257 g/mol. The lowest BCUT2D eigenvalue weighted by molar-refractivity contribution is 0.239. The summed E-state index contributed by atoms with van der Waals surface area (Å²) in [6.07, 6.45) is 3.16. The van der Waals surface area contributed by atoms with Crippen molar-refractivity contribution in [3.8, 4) is 0 Å². The average Bonchev–Trinajstić information content (AvgIpc) is 2.33. The van der Waals surface area contributed by atoms with Gasteiger partial charge in [0.1, 0.15) is 0 Å². The molecule has 1 fully saturated rings. The summed E-state index contributed by atoms with van der Waals surface area (Å²) in [5.41, 5.74) is 7.23. The van der Waals surface area contributed by atoms with Crippen molar-refractivity contribution in [3.63, 3.8) is 0 Å². The zero-order valence-corrected chi connectivity index (χ0v) is 10.6. The van der Waals surface area contributed by atoms with Gasteiger partial charge in [-0.15, -0.1) is 0 Å². The number of nitrogen functional groups attached to an aromatic ring is 1. The molecule has 2 heterocycles. The fourth-order valence-corrected chi connectivity index (χ4v) is 2.43. The third-order valence-electron chi connectivity index (χ3n) is 3.20. The normalized spacial score (nSPS) is 20.6. The maximum absolute atomic E-state index is 9.39. The highest BCUT2D eigenvalue weighted by Crippen LogP contribution is 2.29. The number of rotatable bonds is 2. The molecule has 0 aliphatic carbocycles. The molecule has 0 radical (unpaired) electrons. The van der Waals surface area contributed by atoms with Gasteiger partial charge in [0, 0.05) is 6.54 Å². The molecule has 0 spiro atoms. The van der Waals surface area contributed by atoms with Crippen molar-refractivity contribution >= 4 is 23.1 Å². The maximum atomic E-state index is 9.39. The molecule has 0 amide bonds. The maximum Gasteiger partial charge on any atom is 0.224 e. The zero-order valence-electron chi connectivity index (χ0n) is 9.86. The number of nitrogens with zero attached hydrogens (tertiary/aromatic N) is 3. The van der Waals surface area contributed by atoms with E-state index >= 15 is 0 Å². The van der Waals surface area contributed by atoms with Gasteiger partial charge in [-0.05, 0) is 37.8 Å². The first-order chi connectivity index (χ1) is 8.13. The van der Waals surface area contributed by atoms with Crippen molar-refractivity contribution in [1.29, 1.82) is 0 Å². The second-order valence-electron chi connectivity index (χ2n) is 4.34. The predicted molar refractivity (Wildman–Crippen MR) is 68.3 cm³/mol. The van der Waals surface area contributed by atoms with Crippen molar-refractivity contribution < 1.29 is 5.11 Å². The van der Waals surface area contributed by atoms with Crippen molar-refractivity contribution in [1.82, 2.24) is 9.97 Å². The molecule has 3 N–H and O–H groups in total. The number of halogens is 1. The molecule has 1 aliphatic heterocycles. The van der Waals surface area contributed by atoms with Crippen LogP contribution in [0.15, 0.2) is 0 Å². The Balaban J connectivity index is 2.37. The van der Waals surface area contributed by atoms with Crippen LogP contribution in [0.25, 0.3) is 0 Å². The smallest absolute Gasteiger partial charge is 0.224 e. The zero-order chi connectivity index (χ0) is 12.4. The number of aliphatic hydroxyl groups excluding tert-OH is 1. The van der Waals surface area contributed by atoms with E-state index in [1.165, 1.54) is 0 Å². The monoisotopic (exact) mass is 256 g/mol. The summed E-state index contributed by atoms with van der Waals surface area (Å²) < 4.78 is 0. The van der Waals surface area contributed by atoms with Gasteiger partial charge in [-0.1, -0.05) is 0 Å². The van der Waals surface area contributed by atoms with Crippen LogP contribution in [-0.2, 0) is 0 Å². The first kappa shape index (κ1) is 12.4. The molecule has 1 atom stereocenters. The summed E-state index contributed by atoms with van der Waals surface area (Å²) in [5.74, 6) is 0.654. The largest absolute Gasteiger partial charge is 0.394 e. The molecule has 1 saturated heterocycles. The second kappa shape index (κ2) is 5.06. The van der Waals surface area contributed by atoms with E-state index in [0.29, 0.717) is 17.2 Å². The van der Waals surface area contributed by atoms with Gasteiger partial charge in [0.2, 0.25) is 5.28 Å². The summed E-state index contributed by atoms with van der Waals surface area (Å²) in [5, 5.41) is 9.60. The minimum absolute atomic E-state index is 0.0800. The Bertz CT molecular complexity index is 413. The summed E-state index contributed by atoms with van der Waals surface area (Å²) in [7, 11) is 0. The van der Waals surface area contributed by atoms with Crippen LogP contribution >= 0.6 is 11.6 Å². The van der Waals surface area contributed by atoms with Crippen LogP contribution < -0.4 is 10.6 Å². The molecular formula is C11H17ClN4O. The van der Waals surface area contributed by atoms with Gasteiger partial charge in [-0.25, -0.2) is 4.98 Å². The highest BCUT2D eigenvalue weighted by Gasteiger charge is 2.25. The molecule has 6 heteroatoms. The number of nitrogens with two attached hydrogens (primary N) is 1. The summed E-state index contributed by atoms with van der Waals surface area (Å²) in [6, 6.07) is 0.0800. The van der Waals surface area contributed by atoms with Gasteiger partial charge in [0.25, 0.3) is 0 Å². The quantitative estimate of drug-likeness (QED) is 0.782. The van der Waals surface area contributed by atoms with E-state index < -0.39 is 0 Å². The number of aryl methyl sites for hydroxylation is 1. The first-order valence-corrected chi connectivity index (χ1v) is 6.18. The van der Waals surface area contributed by atoms with Crippen molar-refractivity contribution in [2.45, 2.75) is 32.2 Å². The van der Waals surface area contributed by atoms with E-state index in [0.717, 1.165) is 25.8 Å². The number of hydrogen-bond acceptors (Lipinski definition) is 5. The molecule has 1 aromatic heterocycles. The number of aliphatic hydroxyl groups is 1. The van der Waals surface area contributed by atoms with E-state index in [1.807, 2.05) is 11.8 Å². The first-order valence-electron chi connectivity index (χ1n) is 5.80. The van der Waals surface area contributed by atoms with E-state index in [9.17, 15) is 5.11 Å². The summed E-state index contributed by atoms with van der Waals surface area (Å²) in [6.45, 7) is 2.77. The van der Waals surface area contributed by atoms with Gasteiger partial charge in [0.05, 0.1) is 24.0 Å². The molecule has 2 rings (SSSR count). The van der Waals surface area contributed by atoms with Crippen LogP contribution in [0.2, 0.25) is 5.28 Å². The molecule has 5 nitrogen and oxygen atoms in total. The van der Waals surface area contributed by atoms with E-state index in [-0.39, 0.29) is 17.9 Å². The SMILES string of the molecule is Cc1nc(Cl)nc(N2CCCCC2CO)c1N. The lowest BCUT2D eigenvalue weighted by Crippen LogP contribution is -2.43. The highest BCUT2D eigenvalue weighted by atomic mass is 35.5. The Labute approximate surface area is 106 Å². The highest BCUT2D eigenvalue weighted by molar-refractivity contribution is 6.28. The number of piperidine rings is 1. The molecule has 0 aromatic carbocycles. The fourth-order valence-electron chi connectivity index (χ4n) is 2.22. The lowest BCUT2D eigenvalue weighted by Gasteiger charge is -2.36. The molecule has 94 valence electrons. The number of hydrogen-bond donors (Lipinski definition) is 2. The summed E-state index contributed by atoms with van der Waals surface area (Å²) >= 11 is 5.87. The topological polar surface area (TPSA) is 75.3 Å². The van der Waals surface area contributed by atoms with Crippen molar-refractivity contribution in [2.75, 3.05) is 23.8 Å². The number of aromatic nitrogens is 2. The summed E-state index contributed by atoms with van der Waals surface area (Å²) in [4.78, 5) is 10.3. The van der Waals surface area contributed by atoms with Gasteiger partial charge < -0.3 is 15.7 Å². The predicted octanol–water partition coefficient (Wildman–Crippen LogP) is 1.37. The van der Waals surface area contributed by atoms with E-state index in [4.69, 9.17) is 17.3 Å². The van der Waals surface area contributed by atoms with Crippen molar-refractivity contribution in [3.05, 3.63) is 11.0 Å². The molecule has 0 saturated carbocycles. The molecule has 1 aliphatic rings. The molecular weight excluding hydrogens is 240 g/mol. The Morgan fingerprint density at radius 2 is 2.24 bits per heavy atom. The van der Waals surface area contributed by atoms with Crippen LogP contribution in [0, 0.1) is 6.92 Å². The molecule has 1 aromatic rings. The molecule has 1 unspecified atom stereocenters. The van der Waals surface area contributed by atoms with Crippen LogP contribution in [0.3, 0.4) is 0 Å². The van der Waals surface area contributed by atoms with Crippen LogP contribution in [0.1, 0.15) is 25.0 Å². The Hall–Kier alpha value is -1.07. The lowest BCUT2D eigenvalue weighted by atomic mass is 10.0. The van der Waals surface area contributed by atoms with E-state index in [1.54, 1.807) is 0 Å². The minimum atomic E-state index is 0.0800. The second-order valence-corrected chi connectivity index (χ2v) is 4.68. The Kier molecular flexibility index (Phi) is 3.69.